The molecule has 0 aliphatic carbocycles. The molecule has 0 saturated carbocycles. The topological polar surface area (TPSA) is 149 Å². The second-order valence-corrected chi connectivity index (χ2v) is 23.6. The van der Waals surface area contributed by atoms with Crippen molar-refractivity contribution in [3.05, 3.63) is 109 Å². The molecule has 1 aliphatic rings. The second-order valence-electron chi connectivity index (χ2n) is 23.6. The average molecular weight is 1160 g/mol. The third-order valence-electron chi connectivity index (χ3n) is 15.8. The maximum absolute atomic E-state index is 13.1. The van der Waals surface area contributed by atoms with Crippen LogP contribution >= 0.6 is 0 Å². The molecular weight excluding hydrogens is 1030 g/mol. The highest BCUT2D eigenvalue weighted by Crippen LogP contribution is 2.23. The molecule has 1 aliphatic heterocycles. The molecule has 1 amide bonds. The molecule has 1 rings (SSSR count). The molecular formula is C74H129NO8. The van der Waals surface area contributed by atoms with Gasteiger partial charge in [-0.1, -0.05) is 303 Å². The Morgan fingerprint density at radius 1 is 0.422 bits per heavy atom. The van der Waals surface area contributed by atoms with Crippen LogP contribution in [-0.4, -0.2) is 87.5 Å². The van der Waals surface area contributed by atoms with Gasteiger partial charge < -0.3 is 40.3 Å². The zero-order valence-corrected chi connectivity index (χ0v) is 53.4. The summed E-state index contributed by atoms with van der Waals surface area (Å²) in [4.78, 5) is 13.1. The van der Waals surface area contributed by atoms with Crippen molar-refractivity contribution in [3.63, 3.8) is 0 Å². The second kappa shape index (κ2) is 61.9. The van der Waals surface area contributed by atoms with Gasteiger partial charge in [0.25, 0.3) is 0 Å². The summed E-state index contributed by atoms with van der Waals surface area (Å²) in [6, 6.07) is -0.840. The Bertz CT molecular complexity index is 1680. The molecule has 7 atom stereocenters. The number of rotatable bonds is 59. The number of aliphatic hydroxyl groups is 5. The van der Waals surface area contributed by atoms with E-state index in [0.717, 1.165) is 96.3 Å². The average Bonchev–Trinajstić information content (AvgIpc) is 3.60. The lowest BCUT2D eigenvalue weighted by atomic mass is 9.99. The monoisotopic (exact) mass is 1160 g/mol. The Hall–Kier alpha value is -3.15. The Labute approximate surface area is 510 Å². The number of carbonyl (C=O) groups excluding carboxylic acids is 1. The lowest BCUT2D eigenvalue weighted by molar-refractivity contribution is -0.302. The van der Waals surface area contributed by atoms with E-state index in [2.05, 4.69) is 116 Å². The molecule has 7 unspecified atom stereocenters. The zero-order valence-electron chi connectivity index (χ0n) is 53.4. The van der Waals surface area contributed by atoms with Crippen LogP contribution in [-0.2, 0) is 14.3 Å². The molecule has 0 spiro atoms. The Kier molecular flexibility index (Phi) is 58.1. The van der Waals surface area contributed by atoms with Crippen molar-refractivity contribution in [2.24, 2.45) is 0 Å². The van der Waals surface area contributed by atoms with Gasteiger partial charge in [0.15, 0.2) is 6.29 Å². The van der Waals surface area contributed by atoms with Crippen molar-refractivity contribution in [3.8, 4) is 0 Å². The molecule has 1 heterocycles. The van der Waals surface area contributed by atoms with Gasteiger partial charge >= 0.3 is 0 Å². The van der Waals surface area contributed by atoms with E-state index in [1.165, 1.54) is 180 Å². The number of amides is 1. The number of aliphatic hydroxyl groups excluding tert-OH is 5. The lowest BCUT2D eigenvalue weighted by Crippen LogP contribution is -2.60. The number of carbonyl (C=O) groups is 1. The maximum Gasteiger partial charge on any atom is 0.220 e. The number of hydrogen-bond donors (Lipinski definition) is 6. The highest BCUT2D eigenvalue weighted by atomic mass is 16.7. The van der Waals surface area contributed by atoms with E-state index in [4.69, 9.17) is 9.47 Å². The van der Waals surface area contributed by atoms with Crippen LogP contribution in [0.5, 0.6) is 0 Å². The standard InChI is InChI=1S/C74H129NO8/c1-3-5-7-9-11-13-15-17-19-21-23-25-27-29-31-33-34-36-37-39-41-43-45-47-49-51-53-55-57-59-61-63-68(77)67(66-82-74-73(81)72(80)71(79)69(65-76)83-74)75-70(78)64-62-60-58-56-54-52-50-48-46-44-42-40-38-35-32-30-28-26-24-22-20-18-16-14-12-10-8-6-4-2/h6,8,12,14,18,20,24,26,30,32,38,40,45,47,53,55,61,63,67-69,71-74,76-77,79-81H,3-5,7,9-11,13,15-17,19,21-23,25,27-29,31,33-37,39,41-44,46,48-52,54,56-60,62,64-66H2,1-2H3,(H,75,78)/b8-6-,14-12-,20-18-,26-24-,32-30-,40-38-,47-45+,55-53+,63-61+. The van der Waals surface area contributed by atoms with Crippen LogP contribution in [0.15, 0.2) is 109 Å². The van der Waals surface area contributed by atoms with E-state index < -0.39 is 49.5 Å². The largest absolute Gasteiger partial charge is 0.394 e. The first-order chi connectivity index (χ1) is 40.8. The summed E-state index contributed by atoms with van der Waals surface area (Å²) in [5, 5.41) is 54.7. The maximum atomic E-state index is 13.1. The minimum atomic E-state index is -1.58. The highest BCUT2D eigenvalue weighted by molar-refractivity contribution is 5.76. The van der Waals surface area contributed by atoms with Crippen LogP contribution in [0.1, 0.15) is 296 Å². The molecule has 478 valence electrons. The van der Waals surface area contributed by atoms with Gasteiger partial charge in [-0.05, 0) is 96.3 Å². The molecule has 1 saturated heterocycles. The van der Waals surface area contributed by atoms with Crippen LogP contribution in [0.25, 0.3) is 0 Å². The number of hydrogen-bond acceptors (Lipinski definition) is 8. The van der Waals surface area contributed by atoms with Gasteiger partial charge in [-0.2, -0.15) is 0 Å². The number of unbranched alkanes of at least 4 members (excludes halogenated alkanes) is 33. The Balaban J connectivity index is 2.19. The van der Waals surface area contributed by atoms with Gasteiger partial charge in [0, 0.05) is 6.42 Å². The van der Waals surface area contributed by atoms with Crippen molar-refractivity contribution in [2.75, 3.05) is 13.2 Å². The van der Waals surface area contributed by atoms with Gasteiger partial charge in [-0.3, -0.25) is 4.79 Å². The third-order valence-corrected chi connectivity index (χ3v) is 15.8. The minimum absolute atomic E-state index is 0.197. The lowest BCUT2D eigenvalue weighted by Gasteiger charge is -2.40. The van der Waals surface area contributed by atoms with E-state index in [9.17, 15) is 30.3 Å². The minimum Gasteiger partial charge on any atom is -0.394 e. The summed E-state index contributed by atoms with van der Waals surface area (Å²) in [6.45, 7) is 3.66. The molecule has 1 fully saturated rings. The van der Waals surface area contributed by atoms with Gasteiger partial charge in [0.05, 0.1) is 25.4 Å². The van der Waals surface area contributed by atoms with E-state index >= 15 is 0 Å². The summed E-state index contributed by atoms with van der Waals surface area (Å²) in [7, 11) is 0. The van der Waals surface area contributed by atoms with Crippen molar-refractivity contribution in [1.29, 1.82) is 0 Å². The Morgan fingerprint density at radius 3 is 1.16 bits per heavy atom. The van der Waals surface area contributed by atoms with Gasteiger partial charge in [0.1, 0.15) is 24.4 Å². The number of nitrogens with one attached hydrogen (secondary N) is 1. The predicted octanol–water partition coefficient (Wildman–Crippen LogP) is 18.9. The quantitative estimate of drug-likeness (QED) is 0.0261. The number of ether oxygens (including phenoxy) is 2. The first-order valence-corrected chi connectivity index (χ1v) is 34.6. The molecule has 0 aromatic carbocycles. The number of allylic oxidation sites excluding steroid dienone is 17. The van der Waals surface area contributed by atoms with Crippen molar-refractivity contribution in [1.82, 2.24) is 5.32 Å². The summed E-state index contributed by atoms with van der Waals surface area (Å²) >= 11 is 0. The fourth-order valence-corrected chi connectivity index (χ4v) is 10.4. The fraction of sp³-hybridized carbons (Fsp3) is 0.743. The SMILES string of the molecule is CC/C=C\C/C=C\C/C=C\C/C=C\C/C=C\C/C=C\CCCCCCCCCCCCC(=O)NC(COC1OC(CO)C(O)C(O)C1O)C(O)/C=C/CC/C=C/CC/C=C/CCCCCCCCCCCCCCCCCCCCCCC. The first-order valence-electron chi connectivity index (χ1n) is 34.6. The van der Waals surface area contributed by atoms with Crippen molar-refractivity contribution in [2.45, 2.75) is 339 Å². The smallest absolute Gasteiger partial charge is 0.220 e. The summed E-state index contributed by atoms with van der Waals surface area (Å²) < 4.78 is 11.3. The normalized spacial score (nSPS) is 19.0. The summed E-state index contributed by atoms with van der Waals surface area (Å²) in [6.07, 6.45) is 84.7. The van der Waals surface area contributed by atoms with Gasteiger partial charge in [-0.25, -0.2) is 0 Å². The molecule has 0 bridgehead atoms. The molecule has 0 aromatic heterocycles. The van der Waals surface area contributed by atoms with Crippen molar-refractivity contribution >= 4 is 5.91 Å². The van der Waals surface area contributed by atoms with E-state index in [-0.39, 0.29) is 12.5 Å². The van der Waals surface area contributed by atoms with E-state index in [0.29, 0.717) is 6.42 Å². The first kappa shape index (κ1) is 77.9. The molecule has 83 heavy (non-hydrogen) atoms. The van der Waals surface area contributed by atoms with E-state index in [1.807, 2.05) is 6.08 Å². The molecule has 0 aromatic rings. The molecule has 0 radical (unpaired) electrons. The van der Waals surface area contributed by atoms with Gasteiger partial charge in [0.2, 0.25) is 5.91 Å². The van der Waals surface area contributed by atoms with Crippen LogP contribution < -0.4 is 5.32 Å². The van der Waals surface area contributed by atoms with E-state index in [1.54, 1.807) is 6.08 Å². The summed E-state index contributed by atoms with van der Waals surface area (Å²) in [5.74, 6) is -0.197. The third kappa shape index (κ3) is 50.7. The zero-order chi connectivity index (χ0) is 60.0. The van der Waals surface area contributed by atoms with Crippen LogP contribution in [0.2, 0.25) is 0 Å². The molecule has 9 nitrogen and oxygen atoms in total. The summed E-state index contributed by atoms with van der Waals surface area (Å²) in [5.41, 5.74) is 0. The Morgan fingerprint density at radius 2 is 0.759 bits per heavy atom. The van der Waals surface area contributed by atoms with Crippen LogP contribution in [0.4, 0.5) is 0 Å². The molecule has 6 N–H and O–H groups in total. The van der Waals surface area contributed by atoms with Crippen molar-refractivity contribution < 1.29 is 39.8 Å². The predicted molar refractivity (Wildman–Crippen MR) is 354 cm³/mol. The van der Waals surface area contributed by atoms with Crippen LogP contribution in [0, 0.1) is 0 Å². The van der Waals surface area contributed by atoms with Crippen LogP contribution in [0.3, 0.4) is 0 Å². The fourth-order valence-electron chi connectivity index (χ4n) is 10.4. The molecule has 9 heteroatoms. The van der Waals surface area contributed by atoms with Gasteiger partial charge in [-0.15, -0.1) is 0 Å². The highest BCUT2D eigenvalue weighted by Gasteiger charge is 2.44.